The molecule has 4 nitrogen and oxygen atoms in total. The van der Waals surface area contributed by atoms with Crippen molar-refractivity contribution in [2.24, 2.45) is 5.92 Å². The fourth-order valence-corrected chi connectivity index (χ4v) is 2.04. The van der Waals surface area contributed by atoms with Crippen LogP contribution in [0.15, 0.2) is 24.4 Å². The molecule has 2 atom stereocenters. The van der Waals surface area contributed by atoms with Crippen LogP contribution in [0.25, 0.3) is 0 Å². The van der Waals surface area contributed by atoms with Gasteiger partial charge in [-0.15, -0.1) is 24.8 Å². The molecule has 2 N–H and O–H groups in total. The number of pyridine rings is 1. The molecule has 0 saturated carbocycles. The topological polar surface area (TPSA) is 54.0 Å². The first-order valence-corrected chi connectivity index (χ1v) is 5.71. The second-order valence-electron chi connectivity index (χ2n) is 4.28. The maximum absolute atomic E-state index is 11.9. The van der Waals surface area contributed by atoms with E-state index in [9.17, 15) is 4.79 Å². The predicted octanol–water partition coefficient (Wildman–Crippen LogP) is 2.25. The second kappa shape index (κ2) is 8.29. The maximum Gasteiger partial charge on any atom is 0.228 e. The average Bonchev–Trinajstić information content (AvgIpc) is 2.30. The summed E-state index contributed by atoms with van der Waals surface area (Å²) in [7, 11) is 0. The quantitative estimate of drug-likeness (QED) is 0.879. The molecule has 1 amide bonds. The van der Waals surface area contributed by atoms with Crippen LogP contribution >= 0.6 is 24.8 Å². The highest BCUT2D eigenvalue weighted by atomic mass is 35.5. The van der Waals surface area contributed by atoms with Crippen molar-refractivity contribution in [1.29, 1.82) is 0 Å². The van der Waals surface area contributed by atoms with Crippen LogP contribution in [0.5, 0.6) is 0 Å². The van der Waals surface area contributed by atoms with Gasteiger partial charge in [0.25, 0.3) is 0 Å². The number of anilines is 1. The molecular formula is C12H19Cl2N3O. The van der Waals surface area contributed by atoms with E-state index >= 15 is 0 Å². The Labute approximate surface area is 120 Å². The molecule has 102 valence electrons. The predicted molar refractivity (Wildman–Crippen MR) is 77.6 cm³/mol. The fraction of sp³-hybridized carbons (Fsp3) is 0.500. The molecule has 0 radical (unpaired) electrons. The molecule has 18 heavy (non-hydrogen) atoms. The number of aromatic nitrogens is 1. The van der Waals surface area contributed by atoms with Crippen LogP contribution in [0.3, 0.4) is 0 Å². The Kier molecular flexibility index (Phi) is 7.91. The number of rotatable bonds is 2. The van der Waals surface area contributed by atoms with E-state index in [1.165, 1.54) is 0 Å². The Morgan fingerprint density at radius 1 is 1.44 bits per heavy atom. The number of hydrogen-bond acceptors (Lipinski definition) is 3. The molecule has 1 fully saturated rings. The molecule has 1 aliphatic rings. The summed E-state index contributed by atoms with van der Waals surface area (Å²) in [4.78, 5) is 16.0. The van der Waals surface area contributed by atoms with E-state index in [-0.39, 0.29) is 36.6 Å². The van der Waals surface area contributed by atoms with Crippen LogP contribution < -0.4 is 10.6 Å². The summed E-state index contributed by atoms with van der Waals surface area (Å²) >= 11 is 0. The number of carbonyl (C=O) groups excluding carboxylic acids is 1. The lowest BCUT2D eigenvalue weighted by atomic mass is 9.92. The van der Waals surface area contributed by atoms with Crippen molar-refractivity contribution < 1.29 is 4.79 Å². The van der Waals surface area contributed by atoms with Gasteiger partial charge in [-0.2, -0.15) is 0 Å². The largest absolute Gasteiger partial charge is 0.314 e. The summed E-state index contributed by atoms with van der Waals surface area (Å²) in [6, 6.07) is 5.94. The Morgan fingerprint density at radius 3 is 2.83 bits per heavy atom. The first kappa shape index (κ1) is 17.2. The molecule has 0 unspecified atom stereocenters. The van der Waals surface area contributed by atoms with E-state index in [2.05, 4.69) is 22.5 Å². The molecule has 1 aromatic heterocycles. The van der Waals surface area contributed by atoms with Crippen molar-refractivity contribution in [3.63, 3.8) is 0 Å². The first-order valence-electron chi connectivity index (χ1n) is 5.71. The molecule has 0 spiro atoms. The van der Waals surface area contributed by atoms with Gasteiger partial charge in [-0.3, -0.25) is 4.79 Å². The summed E-state index contributed by atoms with van der Waals surface area (Å²) in [5.41, 5.74) is 0. The van der Waals surface area contributed by atoms with Crippen LogP contribution in [0, 0.1) is 5.92 Å². The van der Waals surface area contributed by atoms with Crippen molar-refractivity contribution in [3.8, 4) is 0 Å². The number of amides is 1. The summed E-state index contributed by atoms with van der Waals surface area (Å²) in [5, 5.41) is 6.19. The van der Waals surface area contributed by atoms with E-state index in [4.69, 9.17) is 0 Å². The third-order valence-electron chi connectivity index (χ3n) is 2.91. The molecule has 0 aliphatic carbocycles. The number of hydrogen-bond donors (Lipinski definition) is 2. The standard InChI is InChI=1S/C12H17N3O.2ClH/c1-9-8-10(5-7-13-9)12(16)15-11-4-2-3-6-14-11;;/h2-4,6,9-10,13H,5,7-8H2,1H3,(H,14,15,16);2*1H/t9-,10-;;/m0../s1. The molecule has 0 bridgehead atoms. The van der Waals surface area contributed by atoms with Gasteiger partial charge in [0.05, 0.1) is 0 Å². The molecule has 1 aliphatic heterocycles. The van der Waals surface area contributed by atoms with Crippen LogP contribution in [0.4, 0.5) is 5.82 Å². The van der Waals surface area contributed by atoms with E-state index < -0.39 is 0 Å². The lowest BCUT2D eigenvalue weighted by molar-refractivity contribution is -0.120. The highest BCUT2D eigenvalue weighted by Crippen LogP contribution is 2.17. The lowest BCUT2D eigenvalue weighted by Gasteiger charge is -2.26. The van der Waals surface area contributed by atoms with Gasteiger partial charge >= 0.3 is 0 Å². The van der Waals surface area contributed by atoms with E-state index in [1.54, 1.807) is 6.20 Å². The number of carbonyl (C=O) groups is 1. The van der Waals surface area contributed by atoms with Gasteiger partial charge in [-0.05, 0) is 38.4 Å². The third-order valence-corrected chi connectivity index (χ3v) is 2.91. The van der Waals surface area contributed by atoms with Crippen molar-refractivity contribution in [2.75, 3.05) is 11.9 Å². The summed E-state index contributed by atoms with van der Waals surface area (Å²) in [5.74, 6) is 0.837. The Bertz CT molecular complexity index is 362. The summed E-state index contributed by atoms with van der Waals surface area (Å²) in [6.45, 7) is 3.03. The van der Waals surface area contributed by atoms with Gasteiger partial charge in [0.1, 0.15) is 5.82 Å². The fourth-order valence-electron chi connectivity index (χ4n) is 2.04. The van der Waals surface area contributed by atoms with Gasteiger partial charge in [0, 0.05) is 18.2 Å². The number of nitrogens with one attached hydrogen (secondary N) is 2. The Morgan fingerprint density at radius 2 is 2.22 bits per heavy atom. The number of halogens is 2. The third kappa shape index (κ3) is 4.80. The van der Waals surface area contributed by atoms with Crippen LogP contribution in [-0.4, -0.2) is 23.5 Å². The van der Waals surface area contributed by atoms with Gasteiger partial charge in [-0.25, -0.2) is 4.98 Å². The first-order chi connectivity index (χ1) is 7.75. The van der Waals surface area contributed by atoms with Gasteiger partial charge in [0.2, 0.25) is 5.91 Å². The minimum atomic E-state index is 0. The highest BCUT2D eigenvalue weighted by Gasteiger charge is 2.24. The molecule has 0 aromatic carbocycles. The second-order valence-corrected chi connectivity index (χ2v) is 4.28. The van der Waals surface area contributed by atoms with Crippen molar-refractivity contribution in [1.82, 2.24) is 10.3 Å². The minimum Gasteiger partial charge on any atom is -0.314 e. The Hall–Kier alpha value is -0.840. The van der Waals surface area contributed by atoms with E-state index in [0.29, 0.717) is 11.9 Å². The van der Waals surface area contributed by atoms with Gasteiger partial charge in [-0.1, -0.05) is 6.07 Å². The number of piperidine rings is 1. The molecule has 2 rings (SSSR count). The molecule has 2 heterocycles. The smallest absolute Gasteiger partial charge is 0.228 e. The van der Waals surface area contributed by atoms with E-state index in [0.717, 1.165) is 19.4 Å². The van der Waals surface area contributed by atoms with Gasteiger partial charge in [0.15, 0.2) is 0 Å². The zero-order valence-corrected chi connectivity index (χ0v) is 11.9. The normalized spacial score (nSPS) is 22.3. The van der Waals surface area contributed by atoms with Crippen LogP contribution in [-0.2, 0) is 4.79 Å². The SMILES string of the molecule is C[C@H]1C[C@@H](C(=O)Nc2ccccn2)CCN1.Cl.Cl. The minimum absolute atomic E-state index is 0. The molecular weight excluding hydrogens is 273 g/mol. The number of nitrogens with zero attached hydrogens (tertiary/aromatic N) is 1. The van der Waals surface area contributed by atoms with Gasteiger partial charge < -0.3 is 10.6 Å². The van der Waals surface area contributed by atoms with E-state index in [1.807, 2.05) is 18.2 Å². The zero-order valence-electron chi connectivity index (χ0n) is 10.3. The Balaban J connectivity index is 0.00000144. The maximum atomic E-state index is 11.9. The monoisotopic (exact) mass is 291 g/mol. The average molecular weight is 292 g/mol. The van der Waals surface area contributed by atoms with Crippen molar-refractivity contribution in [2.45, 2.75) is 25.8 Å². The van der Waals surface area contributed by atoms with Crippen molar-refractivity contribution in [3.05, 3.63) is 24.4 Å². The molecule has 1 saturated heterocycles. The van der Waals surface area contributed by atoms with Crippen molar-refractivity contribution >= 4 is 36.5 Å². The van der Waals surface area contributed by atoms with Crippen LogP contribution in [0.1, 0.15) is 19.8 Å². The van der Waals surface area contributed by atoms with Crippen LogP contribution in [0.2, 0.25) is 0 Å². The summed E-state index contributed by atoms with van der Waals surface area (Å²) < 4.78 is 0. The highest BCUT2D eigenvalue weighted by molar-refractivity contribution is 5.91. The lowest BCUT2D eigenvalue weighted by Crippen LogP contribution is -2.40. The molecule has 1 aromatic rings. The molecule has 6 heteroatoms. The zero-order chi connectivity index (χ0) is 11.4. The summed E-state index contributed by atoms with van der Waals surface area (Å²) in [6.07, 6.45) is 3.49.